The first-order chi connectivity index (χ1) is 6.65. The van der Waals surface area contributed by atoms with E-state index in [-0.39, 0.29) is 5.92 Å². The Labute approximate surface area is 86.7 Å². The van der Waals surface area contributed by atoms with E-state index in [0.717, 1.165) is 18.6 Å². The Morgan fingerprint density at radius 3 is 2.71 bits per heavy atom. The Morgan fingerprint density at radius 2 is 2.14 bits per heavy atom. The minimum Gasteiger partial charge on any atom is -0.309 e. The summed E-state index contributed by atoms with van der Waals surface area (Å²) < 4.78 is 0. The monoisotopic (exact) mass is 189 g/mol. The van der Waals surface area contributed by atoms with Gasteiger partial charge in [0.1, 0.15) is 0 Å². The van der Waals surface area contributed by atoms with Gasteiger partial charge in [0.2, 0.25) is 0 Å². The van der Waals surface area contributed by atoms with E-state index in [9.17, 15) is 0 Å². The zero-order chi connectivity index (χ0) is 10.6. The van der Waals surface area contributed by atoms with Crippen LogP contribution in [0.4, 0.5) is 0 Å². The first-order valence-corrected chi connectivity index (χ1v) is 5.29. The molecule has 0 spiro atoms. The summed E-state index contributed by atoms with van der Waals surface area (Å²) in [5.41, 5.74) is 3.39. The van der Waals surface area contributed by atoms with Crippen molar-refractivity contribution in [1.29, 1.82) is 5.41 Å². The Bertz CT molecular complexity index is 315. The minimum atomic E-state index is 0.273. The molecule has 0 saturated heterocycles. The minimum absolute atomic E-state index is 0.273. The van der Waals surface area contributed by atoms with Crippen LogP contribution in [0, 0.1) is 12.3 Å². The summed E-state index contributed by atoms with van der Waals surface area (Å²) in [5, 5.41) is 7.90. The molecule has 0 bridgehead atoms. The van der Waals surface area contributed by atoms with Crippen LogP contribution in [0.1, 0.15) is 43.7 Å². The molecule has 0 saturated carbocycles. The highest BCUT2D eigenvalue weighted by atomic mass is 14.4. The maximum Gasteiger partial charge on any atom is 0.0188 e. The van der Waals surface area contributed by atoms with Crippen molar-refractivity contribution in [3.63, 3.8) is 0 Å². The van der Waals surface area contributed by atoms with E-state index >= 15 is 0 Å². The maximum atomic E-state index is 7.90. The Morgan fingerprint density at radius 1 is 1.43 bits per heavy atom. The molecule has 0 aliphatic heterocycles. The van der Waals surface area contributed by atoms with Crippen molar-refractivity contribution < 1.29 is 0 Å². The summed E-state index contributed by atoms with van der Waals surface area (Å²) in [6.07, 6.45) is 1.98. The Hall–Kier alpha value is -1.11. The van der Waals surface area contributed by atoms with Gasteiger partial charge in [-0.2, -0.15) is 0 Å². The lowest BCUT2D eigenvalue weighted by atomic mass is 9.93. The molecule has 0 fully saturated rings. The summed E-state index contributed by atoms with van der Waals surface area (Å²) in [5.74, 6) is 0.273. The highest BCUT2D eigenvalue weighted by Gasteiger charge is 2.10. The summed E-state index contributed by atoms with van der Waals surface area (Å²) in [6, 6.07) is 8.46. The number of rotatable bonds is 4. The molecule has 0 radical (unpaired) electrons. The highest BCUT2D eigenvalue weighted by molar-refractivity contribution is 5.87. The fraction of sp³-hybridized carbons (Fsp3) is 0.462. The van der Waals surface area contributed by atoms with Gasteiger partial charge in [-0.1, -0.05) is 50.1 Å². The summed E-state index contributed by atoms with van der Waals surface area (Å²) in [4.78, 5) is 0. The molecular formula is C13H19N. The fourth-order valence-corrected chi connectivity index (χ4v) is 1.63. The van der Waals surface area contributed by atoms with Gasteiger partial charge in [0, 0.05) is 11.6 Å². The molecule has 0 heterocycles. The molecule has 1 rings (SSSR count). The number of hydrogen-bond donors (Lipinski definition) is 1. The summed E-state index contributed by atoms with van der Waals surface area (Å²) >= 11 is 0. The van der Waals surface area contributed by atoms with Gasteiger partial charge >= 0.3 is 0 Å². The molecule has 0 aliphatic rings. The molecule has 1 N–H and O–H groups in total. The van der Waals surface area contributed by atoms with Gasteiger partial charge in [0.15, 0.2) is 0 Å². The maximum absolute atomic E-state index is 7.90. The van der Waals surface area contributed by atoms with E-state index in [0.29, 0.717) is 0 Å². The van der Waals surface area contributed by atoms with Crippen LogP contribution >= 0.6 is 0 Å². The van der Waals surface area contributed by atoms with Crippen molar-refractivity contribution in [2.45, 2.75) is 39.5 Å². The van der Waals surface area contributed by atoms with Crippen molar-refractivity contribution in [1.82, 2.24) is 0 Å². The predicted octanol–water partition coefficient (Wildman–Crippen LogP) is 3.92. The van der Waals surface area contributed by atoms with Crippen molar-refractivity contribution in [3.05, 3.63) is 35.4 Å². The van der Waals surface area contributed by atoms with Gasteiger partial charge in [-0.25, -0.2) is 0 Å². The normalized spacial score (nSPS) is 12.5. The van der Waals surface area contributed by atoms with Crippen LogP contribution in [0.25, 0.3) is 0 Å². The average molecular weight is 189 g/mol. The average Bonchev–Trinajstić information content (AvgIpc) is 2.17. The number of nitrogens with one attached hydrogen (secondary N) is 1. The third-order valence-electron chi connectivity index (χ3n) is 2.58. The van der Waals surface area contributed by atoms with Gasteiger partial charge in [-0.05, 0) is 18.9 Å². The smallest absolute Gasteiger partial charge is 0.0188 e. The third-order valence-corrected chi connectivity index (χ3v) is 2.58. The second-order valence-corrected chi connectivity index (χ2v) is 3.91. The molecule has 1 atom stereocenters. The van der Waals surface area contributed by atoms with Gasteiger partial charge in [-0.15, -0.1) is 0 Å². The van der Waals surface area contributed by atoms with Crippen molar-refractivity contribution >= 4 is 5.71 Å². The second-order valence-electron chi connectivity index (χ2n) is 3.91. The van der Waals surface area contributed by atoms with E-state index in [4.69, 9.17) is 5.41 Å². The molecule has 0 aliphatic carbocycles. The molecule has 1 unspecified atom stereocenters. The molecule has 1 nitrogen and oxygen atoms in total. The SMILES string of the molecule is CCCC(=N)C(C)c1cccc(C)c1. The molecule has 1 aromatic rings. The zero-order valence-electron chi connectivity index (χ0n) is 9.30. The molecule has 0 amide bonds. The fourth-order valence-electron chi connectivity index (χ4n) is 1.63. The Balaban J connectivity index is 2.78. The van der Waals surface area contributed by atoms with Gasteiger partial charge < -0.3 is 5.41 Å². The molecule has 1 aromatic carbocycles. The van der Waals surface area contributed by atoms with E-state index in [2.05, 4.69) is 45.0 Å². The van der Waals surface area contributed by atoms with Crippen molar-refractivity contribution in [2.75, 3.05) is 0 Å². The van der Waals surface area contributed by atoms with Gasteiger partial charge in [0.25, 0.3) is 0 Å². The van der Waals surface area contributed by atoms with Crippen LogP contribution in [0.15, 0.2) is 24.3 Å². The van der Waals surface area contributed by atoms with Crippen LogP contribution in [-0.2, 0) is 0 Å². The lowest BCUT2D eigenvalue weighted by molar-refractivity contribution is 0.899. The standard InChI is InChI=1S/C13H19N/c1-4-6-13(14)11(3)12-8-5-7-10(2)9-12/h5,7-9,11,14H,4,6H2,1-3H3. The predicted molar refractivity (Wildman–Crippen MR) is 62.2 cm³/mol. The van der Waals surface area contributed by atoms with E-state index in [1.165, 1.54) is 11.1 Å². The molecular weight excluding hydrogens is 170 g/mol. The Kier molecular flexibility index (Phi) is 3.87. The first kappa shape index (κ1) is 11.0. The molecule has 0 aromatic heterocycles. The number of benzene rings is 1. The zero-order valence-corrected chi connectivity index (χ0v) is 9.30. The number of hydrogen-bond acceptors (Lipinski definition) is 1. The van der Waals surface area contributed by atoms with Gasteiger partial charge in [0.05, 0.1) is 0 Å². The largest absolute Gasteiger partial charge is 0.309 e. The summed E-state index contributed by atoms with van der Waals surface area (Å²) in [6.45, 7) is 6.34. The van der Waals surface area contributed by atoms with Crippen molar-refractivity contribution in [2.24, 2.45) is 0 Å². The topological polar surface area (TPSA) is 23.9 Å². The highest BCUT2D eigenvalue weighted by Crippen LogP contribution is 2.19. The molecule has 1 heteroatoms. The quantitative estimate of drug-likeness (QED) is 0.694. The molecule has 76 valence electrons. The molecule has 14 heavy (non-hydrogen) atoms. The third kappa shape index (κ3) is 2.69. The van der Waals surface area contributed by atoms with E-state index in [1.807, 2.05) is 0 Å². The number of aryl methyl sites for hydroxylation is 1. The van der Waals surface area contributed by atoms with Crippen LogP contribution in [0.5, 0.6) is 0 Å². The lowest BCUT2D eigenvalue weighted by Crippen LogP contribution is -2.07. The van der Waals surface area contributed by atoms with E-state index in [1.54, 1.807) is 0 Å². The van der Waals surface area contributed by atoms with Crippen LogP contribution in [-0.4, -0.2) is 5.71 Å². The van der Waals surface area contributed by atoms with Gasteiger partial charge in [-0.3, -0.25) is 0 Å². The summed E-state index contributed by atoms with van der Waals surface area (Å²) in [7, 11) is 0. The van der Waals surface area contributed by atoms with Crippen molar-refractivity contribution in [3.8, 4) is 0 Å². The van der Waals surface area contributed by atoms with Crippen LogP contribution < -0.4 is 0 Å². The van der Waals surface area contributed by atoms with E-state index < -0.39 is 0 Å². The second kappa shape index (κ2) is 4.94. The van der Waals surface area contributed by atoms with Crippen LogP contribution in [0.3, 0.4) is 0 Å². The first-order valence-electron chi connectivity index (χ1n) is 5.29. The van der Waals surface area contributed by atoms with Crippen LogP contribution in [0.2, 0.25) is 0 Å². The lowest BCUT2D eigenvalue weighted by Gasteiger charge is -2.13.